The molecule has 0 aromatic heterocycles. The molecular formula is C22H39IN4O3. The molecule has 1 atom stereocenters. The first-order chi connectivity index (χ1) is 14.1. The Kier molecular flexibility index (Phi) is 13.1. The molecule has 7 nitrogen and oxygen atoms in total. The third-order valence-electron chi connectivity index (χ3n) is 5.24. The number of aliphatic imine (C=N–C) groups is 1. The van der Waals surface area contributed by atoms with Crippen LogP contribution in [-0.2, 0) is 4.74 Å². The van der Waals surface area contributed by atoms with Gasteiger partial charge in [0, 0.05) is 33.2 Å². The number of guanidine groups is 1. The number of ether oxygens (including phenoxy) is 3. The zero-order valence-electron chi connectivity index (χ0n) is 19.1. The van der Waals surface area contributed by atoms with Crippen LogP contribution in [0.3, 0.4) is 0 Å². The Bertz CT molecular complexity index is 639. The summed E-state index contributed by atoms with van der Waals surface area (Å²) in [5.41, 5.74) is 1.18. The average Bonchev–Trinajstić information content (AvgIpc) is 2.77. The SMILES string of the molecule is CCCCN(C)C(=NCC(c1ccc(OC)c(OC)c1)N1CCOCC1)NCC.I. The number of nitrogens with zero attached hydrogens (tertiary/aromatic N) is 3. The molecule has 0 bridgehead atoms. The van der Waals surface area contributed by atoms with E-state index in [0.717, 1.165) is 63.3 Å². The van der Waals surface area contributed by atoms with E-state index in [-0.39, 0.29) is 30.0 Å². The predicted molar refractivity (Wildman–Crippen MR) is 134 cm³/mol. The van der Waals surface area contributed by atoms with Gasteiger partial charge in [-0.05, 0) is 31.0 Å². The Morgan fingerprint density at radius 2 is 1.90 bits per heavy atom. The average molecular weight is 534 g/mol. The summed E-state index contributed by atoms with van der Waals surface area (Å²) < 4.78 is 16.5. The van der Waals surface area contributed by atoms with Crippen molar-refractivity contribution in [1.82, 2.24) is 15.1 Å². The molecule has 1 aliphatic heterocycles. The quantitative estimate of drug-likeness (QED) is 0.282. The number of rotatable bonds is 10. The minimum atomic E-state index is 0. The third kappa shape index (κ3) is 7.77. The van der Waals surface area contributed by atoms with E-state index in [0.29, 0.717) is 6.54 Å². The highest BCUT2D eigenvalue weighted by Gasteiger charge is 2.24. The molecule has 2 rings (SSSR count). The fourth-order valence-corrected chi connectivity index (χ4v) is 3.52. The van der Waals surface area contributed by atoms with E-state index in [4.69, 9.17) is 19.2 Å². The summed E-state index contributed by atoms with van der Waals surface area (Å²) in [5, 5.41) is 3.43. The molecule has 0 saturated carbocycles. The molecule has 30 heavy (non-hydrogen) atoms. The first-order valence-electron chi connectivity index (χ1n) is 10.7. The molecule has 172 valence electrons. The van der Waals surface area contributed by atoms with E-state index < -0.39 is 0 Å². The van der Waals surface area contributed by atoms with Gasteiger partial charge in [-0.1, -0.05) is 19.4 Å². The van der Waals surface area contributed by atoms with Gasteiger partial charge < -0.3 is 24.4 Å². The minimum absolute atomic E-state index is 0. The van der Waals surface area contributed by atoms with Crippen molar-refractivity contribution in [2.45, 2.75) is 32.7 Å². The summed E-state index contributed by atoms with van der Waals surface area (Å²) in [7, 11) is 5.45. The lowest BCUT2D eigenvalue weighted by Crippen LogP contribution is -2.42. The van der Waals surface area contributed by atoms with Crippen molar-refractivity contribution in [2.24, 2.45) is 4.99 Å². The number of nitrogens with one attached hydrogen (secondary N) is 1. The van der Waals surface area contributed by atoms with Gasteiger partial charge >= 0.3 is 0 Å². The van der Waals surface area contributed by atoms with Crippen molar-refractivity contribution in [1.29, 1.82) is 0 Å². The fourth-order valence-electron chi connectivity index (χ4n) is 3.52. The molecule has 1 fully saturated rings. The largest absolute Gasteiger partial charge is 0.493 e. The molecule has 1 aromatic carbocycles. The number of methoxy groups -OCH3 is 2. The van der Waals surface area contributed by atoms with Crippen molar-refractivity contribution in [3.63, 3.8) is 0 Å². The maximum absolute atomic E-state index is 5.57. The second kappa shape index (κ2) is 14.7. The first-order valence-corrected chi connectivity index (χ1v) is 10.7. The molecule has 1 heterocycles. The smallest absolute Gasteiger partial charge is 0.193 e. The highest BCUT2D eigenvalue weighted by Crippen LogP contribution is 2.32. The van der Waals surface area contributed by atoms with Crippen LogP contribution in [0.1, 0.15) is 38.3 Å². The summed E-state index contributed by atoms with van der Waals surface area (Å²) in [6, 6.07) is 6.32. The van der Waals surface area contributed by atoms with Crippen LogP contribution in [0.2, 0.25) is 0 Å². The second-order valence-corrected chi connectivity index (χ2v) is 7.25. The van der Waals surface area contributed by atoms with Crippen LogP contribution < -0.4 is 14.8 Å². The van der Waals surface area contributed by atoms with Crippen LogP contribution in [0.15, 0.2) is 23.2 Å². The van der Waals surface area contributed by atoms with Gasteiger partial charge in [0.05, 0.1) is 40.0 Å². The number of hydrogen-bond acceptors (Lipinski definition) is 5. The van der Waals surface area contributed by atoms with E-state index in [1.54, 1.807) is 14.2 Å². The Labute approximate surface area is 199 Å². The number of morpholine rings is 1. The molecule has 1 unspecified atom stereocenters. The van der Waals surface area contributed by atoms with Gasteiger partial charge in [0.2, 0.25) is 0 Å². The Hall–Kier alpha value is -1.26. The molecule has 0 spiro atoms. The summed E-state index contributed by atoms with van der Waals surface area (Å²) in [6.45, 7) is 10.2. The van der Waals surface area contributed by atoms with Crippen LogP contribution in [0.25, 0.3) is 0 Å². The van der Waals surface area contributed by atoms with Crippen molar-refractivity contribution in [3.05, 3.63) is 23.8 Å². The number of unbranched alkanes of at least 4 members (excludes halogenated alkanes) is 1. The zero-order valence-corrected chi connectivity index (χ0v) is 21.5. The molecule has 1 aromatic rings. The van der Waals surface area contributed by atoms with Crippen LogP contribution in [0.4, 0.5) is 0 Å². The predicted octanol–water partition coefficient (Wildman–Crippen LogP) is 3.39. The lowest BCUT2D eigenvalue weighted by Gasteiger charge is -2.34. The second-order valence-electron chi connectivity index (χ2n) is 7.25. The molecule has 0 amide bonds. The molecule has 0 radical (unpaired) electrons. The van der Waals surface area contributed by atoms with Gasteiger partial charge in [0.25, 0.3) is 0 Å². The number of halogens is 1. The molecule has 8 heteroatoms. The third-order valence-corrected chi connectivity index (χ3v) is 5.24. The lowest BCUT2D eigenvalue weighted by molar-refractivity contribution is 0.0179. The summed E-state index contributed by atoms with van der Waals surface area (Å²) in [4.78, 5) is 9.66. The van der Waals surface area contributed by atoms with E-state index >= 15 is 0 Å². The zero-order chi connectivity index (χ0) is 21.1. The summed E-state index contributed by atoms with van der Waals surface area (Å²) in [5.74, 6) is 2.45. The standard InChI is InChI=1S/C22H38N4O3.HI/c1-6-8-11-25(3)22(23-7-2)24-17-19(26-12-14-29-15-13-26)18-9-10-20(27-4)21(16-18)28-5;/h9-10,16,19H,6-8,11-15,17H2,1-5H3,(H,23,24);1H. The van der Waals surface area contributed by atoms with Gasteiger partial charge in [-0.15, -0.1) is 24.0 Å². The molecule has 0 aliphatic carbocycles. The molecule has 1 N–H and O–H groups in total. The highest BCUT2D eigenvalue weighted by molar-refractivity contribution is 14.0. The van der Waals surface area contributed by atoms with E-state index in [9.17, 15) is 0 Å². The summed E-state index contributed by atoms with van der Waals surface area (Å²) in [6.07, 6.45) is 2.33. The van der Waals surface area contributed by atoms with Crippen LogP contribution in [-0.4, -0.2) is 83.0 Å². The maximum atomic E-state index is 5.57. The number of hydrogen-bond donors (Lipinski definition) is 1. The van der Waals surface area contributed by atoms with Crippen LogP contribution >= 0.6 is 24.0 Å². The highest BCUT2D eigenvalue weighted by atomic mass is 127. The van der Waals surface area contributed by atoms with Crippen molar-refractivity contribution < 1.29 is 14.2 Å². The van der Waals surface area contributed by atoms with Gasteiger partial charge in [-0.25, -0.2) is 0 Å². The normalized spacial score (nSPS) is 15.8. The van der Waals surface area contributed by atoms with Gasteiger partial charge in [-0.2, -0.15) is 0 Å². The Balaban J connectivity index is 0.00000450. The van der Waals surface area contributed by atoms with Crippen molar-refractivity contribution >= 4 is 29.9 Å². The maximum Gasteiger partial charge on any atom is 0.193 e. The van der Waals surface area contributed by atoms with Gasteiger partial charge in [0.1, 0.15) is 0 Å². The summed E-state index contributed by atoms with van der Waals surface area (Å²) >= 11 is 0. The molecule has 1 aliphatic rings. The fraction of sp³-hybridized carbons (Fsp3) is 0.682. The Morgan fingerprint density at radius 1 is 1.20 bits per heavy atom. The topological polar surface area (TPSA) is 58.6 Å². The van der Waals surface area contributed by atoms with E-state index in [1.807, 2.05) is 6.07 Å². The molecule has 1 saturated heterocycles. The van der Waals surface area contributed by atoms with Crippen LogP contribution in [0, 0.1) is 0 Å². The van der Waals surface area contributed by atoms with Crippen molar-refractivity contribution in [2.75, 3.05) is 67.2 Å². The van der Waals surface area contributed by atoms with Gasteiger partial charge in [0.15, 0.2) is 17.5 Å². The van der Waals surface area contributed by atoms with E-state index in [2.05, 4.69) is 48.1 Å². The Morgan fingerprint density at radius 3 is 2.50 bits per heavy atom. The lowest BCUT2D eigenvalue weighted by atomic mass is 10.0. The first kappa shape index (κ1) is 26.8. The minimum Gasteiger partial charge on any atom is -0.493 e. The van der Waals surface area contributed by atoms with E-state index in [1.165, 1.54) is 12.0 Å². The number of benzene rings is 1. The van der Waals surface area contributed by atoms with Crippen LogP contribution in [0.5, 0.6) is 11.5 Å². The van der Waals surface area contributed by atoms with Gasteiger partial charge in [-0.3, -0.25) is 9.89 Å². The molecular weight excluding hydrogens is 495 g/mol. The van der Waals surface area contributed by atoms with Crippen molar-refractivity contribution in [3.8, 4) is 11.5 Å². The monoisotopic (exact) mass is 534 g/mol.